The van der Waals surface area contributed by atoms with Gasteiger partial charge in [0, 0.05) is 22.8 Å². The molecule has 2 nitrogen and oxygen atoms in total. The molecule has 0 saturated carbocycles. The summed E-state index contributed by atoms with van der Waals surface area (Å²) < 4.78 is 0. The molecule has 0 saturated heterocycles. The SMILES string of the molecule is CCCCN(C1=NCC(CBr)S1)c1ccccc1. The number of thioether (sulfide) groups is 1. The monoisotopic (exact) mass is 326 g/mol. The molecule has 0 fully saturated rings. The largest absolute Gasteiger partial charge is 0.321 e. The van der Waals surface area contributed by atoms with Crippen molar-refractivity contribution in [2.75, 3.05) is 23.3 Å². The van der Waals surface area contributed by atoms with Gasteiger partial charge in [-0.3, -0.25) is 4.99 Å². The zero-order valence-electron chi connectivity index (χ0n) is 10.7. The van der Waals surface area contributed by atoms with Crippen LogP contribution < -0.4 is 4.90 Å². The molecule has 98 valence electrons. The standard InChI is InChI=1S/C14H19BrN2S/c1-2-3-9-17(12-7-5-4-6-8-12)14-16-11-13(10-15)18-14/h4-8,13H,2-3,9-11H2,1H3. The van der Waals surface area contributed by atoms with Crippen LogP contribution in [0.2, 0.25) is 0 Å². The highest BCUT2D eigenvalue weighted by atomic mass is 79.9. The van der Waals surface area contributed by atoms with E-state index in [9.17, 15) is 0 Å². The first-order valence-corrected chi connectivity index (χ1v) is 8.45. The maximum Gasteiger partial charge on any atom is 0.164 e. The third-order valence-corrected chi connectivity index (χ3v) is 5.33. The highest BCUT2D eigenvalue weighted by molar-refractivity contribution is 9.09. The van der Waals surface area contributed by atoms with Crippen LogP contribution in [0, 0.1) is 0 Å². The third kappa shape index (κ3) is 3.51. The number of unbranched alkanes of at least 4 members (excludes halogenated alkanes) is 1. The molecule has 0 amide bonds. The highest BCUT2D eigenvalue weighted by Gasteiger charge is 2.23. The van der Waals surface area contributed by atoms with Crippen molar-refractivity contribution in [1.82, 2.24) is 0 Å². The van der Waals surface area contributed by atoms with Crippen LogP contribution in [0.15, 0.2) is 35.3 Å². The Hall–Kier alpha value is -0.480. The average Bonchev–Trinajstić information content (AvgIpc) is 2.89. The first-order chi connectivity index (χ1) is 8.85. The van der Waals surface area contributed by atoms with Gasteiger partial charge in [-0.05, 0) is 18.6 Å². The van der Waals surface area contributed by atoms with Gasteiger partial charge in [-0.1, -0.05) is 59.2 Å². The van der Waals surface area contributed by atoms with Gasteiger partial charge in [0.05, 0.1) is 6.54 Å². The number of aliphatic imine (C=N–C) groups is 1. The van der Waals surface area contributed by atoms with E-state index in [0.717, 1.165) is 18.4 Å². The minimum Gasteiger partial charge on any atom is -0.321 e. The van der Waals surface area contributed by atoms with Crippen molar-refractivity contribution in [3.63, 3.8) is 0 Å². The second kappa shape index (κ2) is 7.19. The van der Waals surface area contributed by atoms with Crippen LogP contribution in [0.1, 0.15) is 19.8 Å². The molecular formula is C14H19BrN2S. The lowest BCUT2D eigenvalue weighted by Crippen LogP contribution is -2.29. The second-order valence-electron chi connectivity index (χ2n) is 4.36. The fourth-order valence-corrected chi connectivity index (χ4v) is 3.48. The molecular weight excluding hydrogens is 308 g/mol. The second-order valence-corrected chi connectivity index (χ2v) is 6.27. The van der Waals surface area contributed by atoms with Gasteiger partial charge in [0.2, 0.25) is 0 Å². The van der Waals surface area contributed by atoms with Crippen molar-refractivity contribution in [3.05, 3.63) is 30.3 Å². The number of alkyl halides is 1. The number of amidine groups is 1. The summed E-state index contributed by atoms with van der Waals surface area (Å²) in [6.07, 6.45) is 2.41. The van der Waals surface area contributed by atoms with E-state index in [1.54, 1.807) is 0 Å². The Bertz CT molecular complexity index is 394. The summed E-state index contributed by atoms with van der Waals surface area (Å²) in [6.45, 7) is 4.22. The van der Waals surface area contributed by atoms with Gasteiger partial charge in [0.25, 0.3) is 0 Å². The summed E-state index contributed by atoms with van der Waals surface area (Å²) in [5, 5.41) is 2.79. The van der Waals surface area contributed by atoms with E-state index in [2.05, 4.69) is 58.1 Å². The Kier molecular flexibility index (Phi) is 5.57. The lowest BCUT2D eigenvalue weighted by atomic mass is 10.2. The predicted octanol–water partition coefficient (Wildman–Crippen LogP) is 4.16. The first kappa shape index (κ1) is 13.9. The number of benzene rings is 1. The molecule has 1 aliphatic heterocycles. The van der Waals surface area contributed by atoms with E-state index < -0.39 is 0 Å². The van der Waals surface area contributed by atoms with Crippen LogP contribution in [0.5, 0.6) is 0 Å². The molecule has 0 spiro atoms. The molecule has 0 aromatic heterocycles. The quantitative estimate of drug-likeness (QED) is 0.755. The Morgan fingerprint density at radius 1 is 1.39 bits per heavy atom. The molecule has 1 unspecified atom stereocenters. The van der Waals surface area contributed by atoms with E-state index in [0.29, 0.717) is 5.25 Å². The van der Waals surface area contributed by atoms with Gasteiger partial charge in [-0.2, -0.15) is 0 Å². The van der Waals surface area contributed by atoms with Crippen LogP contribution in [-0.4, -0.2) is 28.8 Å². The van der Waals surface area contributed by atoms with Crippen molar-refractivity contribution < 1.29 is 0 Å². The van der Waals surface area contributed by atoms with Crippen LogP contribution in [-0.2, 0) is 0 Å². The van der Waals surface area contributed by atoms with E-state index in [-0.39, 0.29) is 0 Å². The lowest BCUT2D eigenvalue weighted by Gasteiger charge is -2.24. The number of hydrogen-bond donors (Lipinski definition) is 0. The fraction of sp³-hybridized carbons (Fsp3) is 0.500. The molecule has 1 atom stereocenters. The Labute approximate surface area is 122 Å². The van der Waals surface area contributed by atoms with Gasteiger partial charge in [0.15, 0.2) is 5.17 Å². The number of nitrogens with zero attached hydrogens (tertiary/aromatic N) is 2. The van der Waals surface area contributed by atoms with Crippen LogP contribution in [0.3, 0.4) is 0 Å². The van der Waals surface area contributed by atoms with Crippen molar-refractivity contribution in [3.8, 4) is 0 Å². The third-order valence-electron chi connectivity index (χ3n) is 2.91. The summed E-state index contributed by atoms with van der Waals surface area (Å²) in [5.74, 6) is 0. The van der Waals surface area contributed by atoms with E-state index in [1.807, 2.05) is 11.8 Å². The maximum atomic E-state index is 4.69. The number of halogens is 1. The van der Waals surface area contributed by atoms with Crippen LogP contribution in [0.25, 0.3) is 0 Å². The summed E-state index contributed by atoms with van der Waals surface area (Å²) in [7, 11) is 0. The zero-order valence-corrected chi connectivity index (χ0v) is 13.1. The molecule has 0 radical (unpaired) electrons. The Balaban J connectivity index is 2.11. The van der Waals surface area contributed by atoms with Crippen LogP contribution >= 0.6 is 27.7 Å². The molecule has 0 bridgehead atoms. The fourth-order valence-electron chi connectivity index (χ4n) is 1.89. The molecule has 1 aromatic carbocycles. The van der Waals surface area contributed by atoms with Gasteiger partial charge in [-0.15, -0.1) is 0 Å². The van der Waals surface area contributed by atoms with Crippen LogP contribution in [0.4, 0.5) is 5.69 Å². The highest BCUT2D eigenvalue weighted by Crippen LogP contribution is 2.28. The summed E-state index contributed by atoms with van der Waals surface area (Å²) in [5.41, 5.74) is 1.26. The van der Waals surface area contributed by atoms with Crippen molar-refractivity contribution in [1.29, 1.82) is 0 Å². The molecule has 18 heavy (non-hydrogen) atoms. The molecule has 0 N–H and O–H groups in total. The number of hydrogen-bond acceptors (Lipinski definition) is 3. The molecule has 1 heterocycles. The van der Waals surface area contributed by atoms with Gasteiger partial charge < -0.3 is 4.90 Å². The van der Waals surface area contributed by atoms with E-state index in [4.69, 9.17) is 4.99 Å². The van der Waals surface area contributed by atoms with Gasteiger partial charge >= 0.3 is 0 Å². The average molecular weight is 327 g/mol. The molecule has 1 aliphatic rings. The predicted molar refractivity (Wildman–Crippen MR) is 86.2 cm³/mol. The normalized spacial score (nSPS) is 18.8. The topological polar surface area (TPSA) is 15.6 Å². The van der Waals surface area contributed by atoms with Crippen molar-refractivity contribution >= 4 is 38.5 Å². The number of rotatable bonds is 5. The Morgan fingerprint density at radius 3 is 2.78 bits per heavy atom. The summed E-state index contributed by atoms with van der Waals surface area (Å²) >= 11 is 5.44. The first-order valence-electron chi connectivity index (χ1n) is 6.44. The van der Waals surface area contributed by atoms with E-state index in [1.165, 1.54) is 23.7 Å². The molecule has 4 heteroatoms. The smallest absolute Gasteiger partial charge is 0.164 e. The summed E-state index contributed by atoms with van der Waals surface area (Å²) in [6, 6.07) is 10.6. The number of para-hydroxylation sites is 1. The van der Waals surface area contributed by atoms with E-state index >= 15 is 0 Å². The van der Waals surface area contributed by atoms with Crippen molar-refractivity contribution in [2.45, 2.75) is 25.0 Å². The maximum absolute atomic E-state index is 4.69. The minimum atomic E-state index is 0.591. The van der Waals surface area contributed by atoms with Gasteiger partial charge in [-0.25, -0.2) is 0 Å². The molecule has 1 aromatic rings. The van der Waals surface area contributed by atoms with Crippen molar-refractivity contribution in [2.24, 2.45) is 4.99 Å². The minimum absolute atomic E-state index is 0.591. The number of anilines is 1. The molecule has 0 aliphatic carbocycles. The lowest BCUT2D eigenvalue weighted by molar-refractivity contribution is 0.797. The Morgan fingerprint density at radius 2 is 2.17 bits per heavy atom. The summed E-state index contributed by atoms with van der Waals surface area (Å²) in [4.78, 5) is 7.05. The molecule has 2 rings (SSSR count). The van der Waals surface area contributed by atoms with Gasteiger partial charge in [0.1, 0.15) is 0 Å². The zero-order chi connectivity index (χ0) is 12.8.